The van der Waals surface area contributed by atoms with Crippen molar-refractivity contribution < 1.29 is 4.79 Å². The van der Waals surface area contributed by atoms with Crippen molar-refractivity contribution in [3.63, 3.8) is 0 Å². The van der Waals surface area contributed by atoms with E-state index in [0.717, 1.165) is 5.69 Å². The maximum absolute atomic E-state index is 10.3. The smallest absolute Gasteiger partial charge is 0.218 e. The molecule has 1 aromatic rings. The fraction of sp³-hybridized carbons (Fsp3) is 0.286. The van der Waals surface area contributed by atoms with E-state index in [1.165, 1.54) is 0 Å². The number of nitrogens with two attached hydrogens (primary N) is 1. The topological polar surface area (TPSA) is 60.9 Å². The fourth-order valence-corrected chi connectivity index (χ4v) is 0.744. The molecule has 1 aromatic heterocycles. The van der Waals surface area contributed by atoms with Gasteiger partial charge in [0.05, 0.1) is 12.0 Å². The van der Waals surface area contributed by atoms with E-state index in [-0.39, 0.29) is 12.3 Å². The molecule has 1 heterocycles. The Morgan fingerprint density at radius 3 is 3.09 bits per heavy atom. The molecule has 0 unspecified atom stereocenters. The zero-order valence-electron chi connectivity index (χ0n) is 6.32. The Balaban J connectivity index is 2.45. The third kappa shape index (κ3) is 2.41. The molecule has 0 aromatic carbocycles. The summed E-state index contributed by atoms with van der Waals surface area (Å²) < 4.78 is 1.81. The highest BCUT2D eigenvalue weighted by Crippen LogP contribution is 2.00. The first-order chi connectivity index (χ1) is 5.18. The average molecular weight is 152 g/mol. The first-order valence-corrected chi connectivity index (χ1v) is 3.28. The van der Waals surface area contributed by atoms with Crippen LogP contribution in [0.25, 0.3) is 0 Å². The van der Waals surface area contributed by atoms with E-state index in [2.05, 4.69) is 4.98 Å². The minimum Gasteiger partial charge on any atom is -0.370 e. The molecule has 0 atom stereocenters. The zero-order chi connectivity index (χ0) is 8.27. The highest BCUT2D eigenvalue weighted by Gasteiger charge is 1.99. The van der Waals surface area contributed by atoms with Crippen molar-refractivity contribution in [2.75, 3.05) is 0 Å². The van der Waals surface area contributed by atoms with Gasteiger partial charge in [0.25, 0.3) is 0 Å². The normalized spacial score (nSPS) is 9.91. The van der Waals surface area contributed by atoms with Crippen molar-refractivity contribution >= 4 is 5.91 Å². The van der Waals surface area contributed by atoms with Crippen LogP contribution in [-0.2, 0) is 11.8 Å². The number of aromatic nitrogens is 2. The number of carbonyl (C=O) groups excluding carboxylic acids is 1. The van der Waals surface area contributed by atoms with E-state index in [4.69, 9.17) is 5.73 Å². The Morgan fingerprint density at radius 1 is 1.91 bits per heavy atom. The number of aryl methyl sites for hydroxylation is 1. The van der Waals surface area contributed by atoms with Gasteiger partial charge in [-0.25, -0.2) is 4.98 Å². The summed E-state index contributed by atoms with van der Waals surface area (Å²) in [6, 6.07) is 0. The number of primary amides is 1. The van der Waals surface area contributed by atoms with Gasteiger partial charge >= 0.3 is 0 Å². The lowest BCUT2D eigenvalue weighted by Crippen LogP contribution is -2.10. The van der Waals surface area contributed by atoms with E-state index in [9.17, 15) is 4.79 Å². The van der Waals surface area contributed by atoms with Gasteiger partial charge in [-0.2, -0.15) is 0 Å². The Labute approximate surface area is 65.0 Å². The molecule has 0 aliphatic rings. The Morgan fingerprint density at radius 2 is 2.64 bits per heavy atom. The van der Waals surface area contributed by atoms with E-state index in [0.29, 0.717) is 0 Å². The molecule has 0 spiro atoms. The van der Waals surface area contributed by atoms with Crippen molar-refractivity contribution in [1.29, 1.82) is 0 Å². The van der Waals surface area contributed by atoms with Crippen LogP contribution in [0.3, 0.4) is 0 Å². The van der Waals surface area contributed by atoms with Gasteiger partial charge < -0.3 is 10.3 Å². The Hall–Kier alpha value is -1.32. The largest absolute Gasteiger partial charge is 0.370 e. The maximum atomic E-state index is 10.3. The van der Waals surface area contributed by atoms with Crippen LogP contribution in [0, 0.1) is 6.42 Å². The van der Waals surface area contributed by atoms with Crippen molar-refractivity contribution in [1.82, 2.24) is 9.55 Å². The van der Waals surface area contributed by atoms with Crippen LogP contribution in [0.1, 0.15) is 12.1 Å². The monoisotopic (exact) mass is 152 g/mol. The first kappa shape index (κ1) is 7.78. The molecule has 0 aliphatic heterocycles. The summed E-state index contributed by atoms with van der Waals surface area (Å²) >= 11 is 0. The number of rotatable bonds is 3. The first-order valence-electron chi connectivity index (χ1n) is 3.28. The predicted molar refractivity (Wildman–Crippen MR) is 40.4 cm³/mol. The molecular formula is C7H10N3O. The standard InChI is InChI=1S/C7H10N3O/c1-10-4-6(9-5-10)2-3-7(8)11/h2,4-5H,3H2,1H3,(H2,8,11). The Bertz CT molecular complexity index is 254. The number of carbonyl (C=O) groups is 1. The second-order valence-corrected chi connectivity index (χ2v) is 2.34. The number of amides is 1. The third-order valence-electron chi connectivity index (χ3n) is 1.24. The quantitative estimate of drug-likeness (QED) is 0.654. The predicted octanol–water partition coefficient (Wildman–Crippen LogP) is -0.152. The van der Waals surface area contributed by atoms with Crippen molar-refractivity contribution in [2.45, 2.75) is 6.42 Å². The van der Waals surface area contributed by atoms with E-state index in [1.807, 2.05) is 17.8 Å². The van der Waals surface area contributed by atoms with Crippen LogP contribution >= 0.6 is 0 Å². The Kier molecular flexibility index (Phi) is 2.25. The van der Waals surface area contributed by atoms with E-state index >= 15 is 0 Å². The number of hydrogen-bond acceptors (Lipinski definition) is 2. The van der Waals surface area contributed by atoms with Gasteiger partial charge in [-0.15, -0.1) is 0 Å². The molecular weight excluding hydrogens is 142 g/mol. The summed E-state index contributed by atoms with van der Waals surface area (Å²) in [6.45, 7) is 0. The van der Waals surface area contributed by atoms with Gasteiger partial charge in [0.2, 0.25) is 5.91 Å². The molecule has 0 fully saturated rings. The number of hydrogen-bond donors (Lipinski definition) is 1. The minimum absolute atomic E-state index is 0.247. The highest BCUT2D eigenvalue weighted by atomic mass is 16.1. The molecule has 2 N–H and O–H groups in total. The molecule has 4 heteroatoms. The fourth-order valence-electron chi connectivity index (χ4n) is 0.744. The molecule has 0 saturated heterocycles. The van der Waals surface area contributed by atoms with Crippen LogP contribution in [0.15, 0.2) is 12.5 Å². The SMILES string of the molecule is Cn1cnc([CH]CC(N)=O)c1. The van der Waals surface area contributed by atoms with Crippen molar-refractivity contribution in [3.05, 3.63) is 24.6 Å². The van der Waals surface area contributed by atoms with Gasteiger partial charge in [0.1, 0.15) is 0 Å². The number of imidazole rings is 1. The molecule has 59 valence electrons. The molecule has 1 amide bonds. The van der Waals surface area contributed by atoms with Crippen LogP contribution in [-0.4, -0.2) is 15.5 Å². The molecule has 0 bridgehead atoms. The molecule has 4 nitrogen and oxygen atoms in total. The molecule has 0 aliphatic carbocycles. The van der Waals surface area contributed by atoms with Crippen LogP contribution in [0.4, 0.5) is 0 Å². The summed E-state index contributed by atoms with van der Waals surface area (Å²) in [5.74, 6) is -0.337. The average Bonchev–Trinajstić information content (AvgIpc) is 2.31. The lowest BCUT2D eigenvalue weighted by Gasteiger charge is -1.89. The second kappa shape index (κ2) is 3.18. The van der Waals surface area contributed by atoms with Gasteiger partial charge in [-0.3, -0.25) is 4.79 Å². The van der Waals surface area contributed by atoms with Gasteiger partial charge in [0, 0.05) is 26.1 Å². The summed E-state index contributed by atoms with van der Waals surface area (Å²) in [4.78, 5) is 14.3. The van der Waals surface area contributed by atoms with Crippen LogP contribution < -0.4 is 5.73 Å². The lowest BCUT2D eigenvalue weighted by molar-refractivity contribution is -0.117. The lowest BCUT2D eigenvalue weighted by atomic mass is 10.2. The van der Waals surface area contributed by atoms with Crippen molar-refractivity contribution in [2.24, 2.45) is 12.8 Å². The van der Waals surface area contributed by atoms with E-state index in [1.54, 1.807) is 12.7 Å². The van der Waals surface area contributed by atoms with Crippen LogP contribution in [0.2, 0.25) is 0 Å². The summed E-state index contributed by atoms with van der Waals surface area (Å²) in [5.41, 5.74) is 5.73. The minimum atomic E-state index is -0.337. The zero-order valence-corrected chi connectivity index (χ0v) is 6.32. The summed E-state index contributed by atoms with van der Waals surface area (Å²) in [6.07, 6.45) is 5.44. The molecule has 0 saturated carbocycles. The van der Waals surface area contributed by atoms with Gasteiger partial charge in [-0.05, 0) is 0 Å². The van der Waals surface area contributed by atoms with Crippen LogP contribution in [0.5, 0.6) is 0 Å². The highest BCUT2D eigenvalue weighted by molar-refractivity contribution is 5.75. The summed E-state index contributed by atoms with van der Waals surface area (Å²) in [5, 5.41) is 0. The maximum Gasteiger partial charge on any atom is 0.218 e. The number of nitrogens with zero attached hydrogens (tertiary/aromatic N) is 2. The van der Waals surface area contributed by atoms with Gasteiger partial charge in [-0.1, -0.05) is 0 Å². The molecule has 1 radical (unpaired) electrons. The molecule has 11 heavy (non-hydrogen) atoms. The summed E-state index contributed by atoms with van der Waals surface area (Å²) in [7, 11) is 1.87. The second-order valence-electron chi connectivity index (χ2n) is 2.34. The van der Waals surface area contributed by atoms with Crippen molar-refractivity contribution in [3.8, 4) is 0 Å². The van der Waals surface area contributed by atoms with Gasteiger partial charge in [0.15, 0.2) is 0 Å². The molecule has 1 rings (SSSR count). The van der Waals surface area contributed by atoms with E-state index < -0.39 is 0 Å². The third-order valence-corrected chi connectivity index (χ3v) is 1.24.